The summed E-state index contributed by atoms with van der Waals surface area (Å²) in [5, 5.41) is 10.8. The van der Waals surface area contributed by atoms with Crippen molar-refractivity contribution in [3.63, 3.8) is 0 Å². The lowest BCUT2D eigenvalue weighted by molar-refractivity contribution is -0.126. The Bertz CT molecular complexity index is 1910. The Kier molecular flexibility index (Phi) is 7.31. The van der Waals surface area contributed by atoms with Crippen LogP contribution in [0.1, 0.15) is 31.0 Å². The van der Waals surface area contributed by atoms with E-state index in [1.807, 2.05) is 25.7 Å². The van der Waals surface area contributed by atoms with Crippen LogP contribution in [-0.4, -0.2) is 69.7 Å². The van der Waals surface area contributed by atoms with Crippen LogP contribution in [-0.2, 0) is 4.79 Å². The highest BCUT2D eigenvalue weighted by Gasteiger charge is 2.39. The molecular weight excluding hydrogens is 590 g/mol. The summed E-state index contributed by atoms with van der Waals surface area (Å²) in [4.78, 5) is 41.1. The minimum absolute atomic E-state index is 0.0435. The maximum atomic E-state index is 17.0. The fourth-order valence-electron chi connectivity index (χ4n) is 6.44. The van der Waals surface area contributed by atoms with Crippen molar-refractivity contribution in [2.45, 2.75) is 32.7 Å². The van der Waals surface area contributed by atoms with Crippen molar-refractivity contribution in [3.8, 4) is 22.6 Å². The van der Waals surface area contributed by atoms with Gasteiger partial charge in [0.1, 0.15) is 17.4 Å². The number of halogens is 3. The molecule has 1 amide bonds. The minimum Gasteiger partial charge on any atom is -0.507 e. The third kappa shape index (κ3) is 4.40. The fraction of sp³-hybridized carbons (Fsp3) is 0.312. The number of anilines is 2. The third-order valence-corrected chi connectivity index (χ3v) is 8.81. The van der Waals surface area contributed by atoms with E-state index in [4.69, 9.17) is 11.6 Å². The summed E-state index contributed by atoms with van der Waals surface area (Å²) in [6.45, 7) is 10.5. The highest BCUT2D eigenvalue weighted by atomic mass is 35.5. The van der Waals surface area contributed by atoms with Crippen LogP contribution in [0.15, 0.2) is 47.9 Å². The number of nitrogens with zero attached hydrogens (tertiary/aromatic N) is 6. The summed E-state index contributed by atoms with van der Waals surface area (Å²) >= 11 is 7.09. The number of pyridine rings is 1. The number of phenols is 1. The average molecular weight is 621 g/mol. The van der Waals surface area contributed by atoms with Crippen molar-refractivity contribution in [2.24, 2.45) is 0 Å². The van der Waals surface area contributed by atoms with Gasteiger partial charge in [-0.2, -0.15) is 4.98 Å². The van der Waals surface area contributed by atoms with Gasteiger partial charge in [0.2, 0.25) is 5.91 Å². The smallest absolute Gasteiger partial charge is 0.354 e. The second-order valence-corrected chi connectivity index (χ2v) is 11.9. The zero-order valence-corrected chi connectivity index (χ0v) is 25.5. The molecule has 1 atom stereocenters. The van der Waals surface area contributed by atoms with Crippen LogP contribution in [0.4, 0.5) is 20.3 Å². The number of amides is 1. The lowest BCUT2D eigenvalue weighted by Gasteiger charge is -2.41. The Labute approximate surface area is 257 Å². The third-order valence-electron chi connectivity index (χ3n) is 8.44. The van der Waals surface area contributed by atoms with Crippen LogP contribution in [0.2, 0.25) is 5.02 Å². The number of benzene rings is 2. The quantitative estimate of drug-likeness (QED) is 0.315. The van der Waals surface area contributed by atoms with E-state index >= 15 is 8.78 Å². The summed E-state index contributed by atoms with van der Waals surface area (Å²) in [5.74, 6) is -2.39. The van der Waals surface area contributed by atoms with Gasteiger partial charge < -0.3 is 19.8 Å². The normalized spacial score (nSPS) is 16.4. The Morgan fingerprint density at radius 3 is 2.59 bits per heavy atom. The Hall–Kier alpha value is -4.51. The van der Waals surface area contributed by atoms with E-state index in [0.29, 0.717) is 30.0 Å². The van der Waals surface area contributed by atoms with E-state index in [2.05, 4.69) is 16.5 Å². The average Bonchev–Trinajstić information content (AvgIpc) is 3.10. The molecule has 9 nitrogen and oxygen atoms in total. The first kappa shape index (κ1) is 29.6. The predicted octanol–water partition coefficient (Wildman–Crippen LogP) is 5.17. The van der Waals surface area contributed by atoms with Gasteiger partial charge in [-0.05, 0) is 42.7 Å². The Balaban J connectivity index is 1.79. The van der Waals surface area contributed by atoms with Gasteiger partial charge in [-0.25, -0.2) is 13.6 Å². The molecule has 0 bridgehead atoms. The van der Waals surface area contributed by atoms with Gasteiger partial charge in [0.15, 0.2) is 5.82 Å². The first-order valence-electron chi connectivity index (χ1n) is 14.3. The van der Waals surface area contributed by atoms with Crippen molar-refractivity contribution < 1.29 is 18.7 Å². The van der Waals surface area contributed by atoms with Gasteiger partial charge in [-0.3, -0.25) is 14.3 Å². The summed E-state index contributed by atoms with van der Waals surface area (Å²) in [5.41, 5.74) is 0.428. The SMILES string of the molecule is C=CC(=O)N1CCN2c3nc(=O)n(-c4c(C)ccnc4C(C)C)c4c(Cl)c(-c5c(O)cccc5F)c(F)c(c34)N(C)CC2C1. The highest BCUT2D eigenvalue weighted by molar-refractivity contribution is 6.39. The summed E-state index contributed by atoms with van der Waals surface area (Å²) in [7, 11) is 1.68. The van der Waals surface area contributed by atoms with Gasteiger partial charge >= 0.3 is 5.69 Å². The van der Waals surface area contributed by atoms with E-state index in [0.717, 1.165) is 6.07 Å². The maximum absolute atomic E-state index is 17.0. The number of aromatic hydroxyl groups is 1. The molecule has 0 radical (unpaired) electrons. The van der Waals surface area contributed by atoms with E-state index < -0.39 is 28.6 Å². The van der Waals surface area contributed by atoms with Crippen molar-refractivity contribution >= 4 is 39.9 Å². The number of hydrogen-bond acceptors (Lipinski definition) is 7. The number of carbonyl (C=O) groups is 1. The van der Waals surface area contributed by atoms with Crippen molar-refractivity contribution in [1.29, 1.82) is 0 Å². The van der Waals surface area contributed by atoms with E-state index in [1.54, 1.807) is 29.1 Å². The molecule has 1 fully saturated rings. The molecule has 1 N–H and O–H groups in total. The highest BCUT2D eigenvalue weighted by Crippen LogP contribution is 2.50. The number of piperazine rings is 1. The molecule has 6 rings (SSSR count). The van der Waals surface area contributed by atoms with Gasteiger partial charge in [-0.1, -0.05) is 38.1 Å². The molecule has 228 valence electrons. The van der Waals surface area contributed by atoms with Crippen LogP contribution in [0, 0.1) is 18.6 Å². The Morgan fingerprint density at radius 1 is 1.16 bits per heavy atom. The minimum atomic E-state index is -0.881. The molecule has 0 saturated carbocycles. The molecule has 1 saturated heterocycles. The number of phenolic OH excluding ortho intramolecular Hbond substituents is 1. The van der Waals surface area contributed by atoms with Gasteiger partial charge in [0, 0.05) is 45.0 Å². The monoisotopic (exact) mass is 620 g/mol. The van der Waals surface area contributed by atoms with Gasteiger partial charge in [-0.15, -0.1) is 0 Å². The molecule has 2 aliphatic heterocycles. The zero-order valence-electron chi connectivity index (χ0n) is 24.7. The molecule has 0 aliphatic carbocycles. The zero-order chi connectivity index (χ0) is 31.6. The summed E-state index contributed by atoms with van der Waals surface area (Å²) in [6, 6.07) is 5.05. The van der Waals surface area contributed by atoms with Crippen molar-refractivity contribution in [1.82, 2.24) is 19.4 Å². The topological polar surface area (TPSA) is 94.8 Å². The summed E-state index contributed by atoms with van der Waals surface area (Å²) in [6.07, 6.45) is 2.90. The van der Waals surface area contributed by atoms with E-state index in [1.165, 1.54) is 22.8 Å². The largest absolute Gasteiger partial charge is 0.507 e. The second-order valence-electron chi connectivity index (χ2n) is 11.5. The molecule has 4 heterocycles. The van der Waals surface area contributed by atoms with E-state index in [-0.39, 0.29) is 64.0 Å². The molecule has 1 unspecified atom stereocenters. The number of fused-ring (bicyclic) bond motifs is 2. The van der Waals surface area contributed by atoms with E-state index in [9.17, 15) is 14.7 Å². The van der Waals surface area contributed by atoms with Crippen molar-refractivity contribution in [3.05, 3.63) is 81.5 Å². The lowest BCUT2D eigenvalue weighted by atomic mass is 9.98. The van der Waals surface area contributed by atoms with Crippen LogP contribution < -0.4 is 15.5 Å². The fourth-order valence-corrected chi connectivity index (χ4v) is 6.80. The molecule has 12 heteroatoms. The second kappa shape index (κ2) is 10.9. The molecule has 44 heavy (non-hydrogen) atoms. The predicted molar refractivity (Wildman–Crippen MR) is 167 cm³/mol. The molecule has 2 aromatic carbocycles. The van der Waals surface area contributed by atoms with Gasteiger partial charge in [0.25, 0.3) is 0 Å². The Morgan fingerprint density at radius 2 is 1.91 bits per heavy atom. The number of aromatic nitrogens is 3. The van der Waals surface area contributed by atoms with Gasteiger partial charge in [0.05, 0.1) is 44.6 Å². The lowest BCUT2D eigenvalue weighted by Crippen LogP contribution is -2.57. The molecule has 2 aromatic heterocycles. The van der Waals surface area contributed by atoms with Crippen molar-refractivity contribution in [2.75, 3.05) is 43.0 Å². The molecule has 2 aliphatic rings. The molecule has 4 aromatic rings. The van der Waals surface area contributed by atoms with Crippen LogP contribution in [0.5, 0.6) is 5.75 Å². The number of carbonyl (C=O) groups excluding carboxylic acids is 1. The first-order chi connectivity index (χ1) is 21.0. The van der Waals surface area contributed by atoms with Crippen LogP contribution in [0.25, 0.3) is 27.7 Å². The van der Waals surface area contributed by atoms with Crippen LogP contribution >= 0.6 is 11.6 Å². The number of likely N-dealkylation sites (N-methyl/N-ethyl adjacent to an activating group) is 1. The number of aryl methyl sites for hydroxylation is 1. The first-order valence-corrected chi connectivity index (χ1v) is 14.6. The molecular formula is C32H31ClF2N6O3. The maximum Gasteiger partial charge on any atom is 0.354 e. The number of hydrogen-bond donors (Lipinski definition) is 1. The standard InChI is InChI=1S/C32H31ClF2N6O3/c1-6-21(43)39-12-13-40-18(15-39)14-38(5)30-24-29(25(33)23(26(30)35)22-19(34)8-7-9-20(22)42)41(32(44)37-31(24)40)28-17(4)10-11-36-27(28)16(2)3/h6-11,16,18,42H,1,12-15H2,2-5H3. The molecule has 0 spiro atoms. The summed E-state index contributed by atoms with van der Waals surface area (Å²) < 4.78 is 33.7. The van der Waals surface area contributed by atoms with Crippen LogP contribution in [0.3, 0.4) is 0 Å². The number of rotatable bonds is 4.